The van der Waals surface area contributed by atoms with Gasteiger partial charge in [0.15, 0.2) is 6.04 Å². The summed E-state index contributed by atoms with van der Waals surface area (Å²) in [5.41, 5.74) is 1.01. The number of hydrogen-bond acceptors (Lipinski definition) is 6. The minimum absolute atomic E-state index is 0.0196. The molecule has 0 spiro atoms. The van der Waals surface area contributed by atoms with E-state index in [0.29, 0.717) is 18.9 Å². The van der Waals surface area contributed by atoms with Gasteiger partial charge < -0.3 is 15.0 Å². The van der Waals surface area contributed by atoms with Crippen LogP contribution in [-0.2, 0) is 19.1 Å². The summed E-state index contributed by atoms with van der Waals surface area (Å²) in [4.78, 5) is 54.4. The molecule has 1 heterocycles. The van der Waals surface area contributed by atoms with Gasteiger partial charge in [-0.3, -0.25) is 9.59 Å². The Morgan fingerprint density at radius 3 is 2.48 bits per heavy atom. The van der Waals surface area contributed by atoms with Crippen molar-refractivity contribution in [2.24, 2.45) is 27.8 Å². The molecule has 2 amide bonds. The molecule has 220 valence electrons. The van der Waals surface area contributed by atoms with Crippen LogP contribution in [0.25, 0.3) is 0 Å². The van der Waals surface area contributed by atoms with Crippen molar-refractivity contribution in [2.45, 2.75) is 128 Å². The van der Waals surface area contributed by atoms with E-state index in [0.717, 1.165) is 69.8 Å². The highest BCUT2D eigenvalue weighted by atomic mass is 16.5. The molecule has 4 fully saturated rings. The highest BCUT2D eigenvalue weighted by molar-refractivity contribution is 5.93. The molecule has 3 saturated carbocycles. The summed E-state index contributed by atoms with van der Waals surface area (Å²) in [6.45, 7) is 7.31. The van der Waals surface area contributed by atoms with Crippen LogP contribution in [0.4, 0.5) is 0 Å². The Labute approximate surface area is 238 Å². The summed E-state index contributed by atoms with van der Waals surface area (Å²) in [5, 5.41) is 6.09. The van der Waals surface area contributed by atoms with E-state index in [9.17, 15) is 19.3 Å². The van der Waals surface area contributed by atoms with Gasteiger partial charge in [-0.15, -0.1) is 4.91 Å². The van der Waals surface area contributed by atoms with Crippen molar-refractivity contribution < 1.29 is 19.1 Å². The van der Waals surface area contributed by atoms with Gasteiger partial charge >= 0.3 is 5.97 Å². The maximum Gasteiger partial charge on any atom is 0.329 e. The summed E-state index contributed by atoms with van der Waals surface area (Å²) in [6.07, 6.45) is 17.2. The topological polar surface area (TPSA) is 105 Å². The first-order chi connectivity index (χ1) is 19.2. The molecule has 1 aliphatic heterocycles. The Morgan fingerprint density at radius 1 is 1.07 bits per heavy atom. The van der Waals surface area contributed by atoms with Crippen molar-refractivity contribution in [3.8, 4) is 0 Å². The first-order valence-electron chi connectivity index (χ1n) is 15.6. The SMILES string of the molecule is CC1(C)C2CCC1(C)C(OC(=O)C1CCCN1C(=O)C(NC(=O)C(CC1=CCCC=C1)N=O)C1CCCCC1)C2. The minimum Gasteiger partial charge on any atom is -0.460 e. The molecule has 2 bridgehead atoms. The normalized spacial score (nSPS) is 32.8. The highest BCUT2D eigenvalue weighted by Crippen LogP contribution is 2.66. The van der Waals surface area contributed by atoms with E-state index in [1.54, 1.807) is 4.90 Å². The van der Waals surface area contributed by atoms with Crippen LogP contribution in [0.5, 0.6) is 0 Å². The fraction of sp³-hybridized carbons (Fsp3) is 0.781. The van der Waals surface area contributed by atoms with E-state index in [1.807, 2.05) is 18.2 Å². The van der Waals surface area contributed by atoms with Crippen molar-refractivity contribution >= 4 is 17.8 Å². The zero-order valence-electron chi connectivity index (χ0n) is 24.5. The van der Waals surface area contributed by atoms with E-state index in [4.69, 9.17) is 4.74 Å². The van der Waals surface area contributed by atoms with Gasteiger partial charge in [0.05, 0.1) is 0 Å². The van der Waals surface area contributed by atoms with Gasteiger partial charge in [-0.2, -0.15) is 0 Å². The van der Waals surface area contributed by atoms with Crippen molar-refractivity contribution in [1.29, 1.82) is 0 Å². The predicted molar refractivity (Wildman–Crippen MR) is 153 cm³/mol. The zero-order chi connectivity index (χ0) is 28.5. The second kappa shape index (κ2) is 11.8. The lowest BCUT2D eigenvalue weighted by Crippen LogP contribution is -2.56. The highest BCUT2D eigenvalue weighted by Gasteiger charge is 2.63. The number of nitroso groups, excluding NO2 is 1. The number of fused-ring (bicyclic) bond motifs is 2. The van der Waals surface area contributed by atoms with Gasteiger partial charge in [-0.25, -0.2) is 4.79 Å². The van der Waals surface area contributed by atoms with E-state index in [1.165, 1.54) is 6.42 Å². The predicted octanol–water partition coefficient (Wildman–Crippen LogP) is 5.60. The fourth-order valence-corrected chi connectivity index (χ4v) is 8.30. The molecule has 8 nitrogen and oxygen atoms in total. The number of carbonyl (C=O) groups is 3. The van der Waals surface area contributed by atoms with Crippen LogP contribution in [0.2, 0.25) is 0 Å². The fourth-order valence-electron chi connectivity index (χ4n) is 8.30. The second-order valence-electron chi connectivity index (χ2n) is 13.7. The first-order valence-corrected chi connectivity index (χ1v) is 15.6. The number of nitrogens with zero attached hydrogens (tertiary/aromatic N) is 2. The number of likely N-dealkylation sites (tertiary alicyclic amines) is 1. The average Bonchev–Trinajstić information content (AvgIpc) is 3.59. The Hall–Kier alpha value is -2.51. The largest absolute Gasteiger partial charge is 0.460 e. The lowest BCUT2D eigenvalue weighted by Gasteiger charge is -2.39. The third-order valence-electron chi connectivity index (χ3n) is 11.4. The maximum atomic E-state index is 14.1. The van der Waals surface area contributed by atoms with Gasteiger partial charge in [0.2, 0.25) is 11.8 Å². The molecule has 0 radical (unpaired) electrons. The molecule has 5 rings (SSSR count). The molecular formula is C32H47N3O5. The Kier molecular flexibility index (Phi) is 8.53. The van der Waals surface area contributed by atoms with Gasteiger partial charge in [0.1, 0.15) is 18.2 Å². The molecular weight excluding hydrogens is 506 g/mol. The van der Waals surface area contributed by atoms with E-state index < -0.39 is 24.0 Å². The quantitative estimate of drug-likeness (QED) is 0.296. The molecule has 40 heavy (non-hydrogen) atoms. The summed E-state index contributed by atoms with van der Waals surface area (Å²) in [7, 11) is 0. The zero-order valence-corrected chi connectivity index (χ0v) is 24.5. The Balaban J connectivity index is 1.29. The number of allylic oxidation sites excluding steroid dienone is 3. The van der Waals surface area contributed by atoms with Crippen LogP contribution >= 0.6 is 0 Å². The second-order valence-corrected chi connectivity index (χ2v) is 13.7. The van der Waals surface area contributed by atoms with Gasteiger partial charge in [0.25, 0.3) is 0 Å². The van der Waals surface area contributed by atoms with E-state index in [-0.39, 0.29) is 41.1 Å². The molecule has 0 aromatic heterocycles. The molecule has 8 heteroatoms. The van der Waals surface area contributed by atoms with Crippen molar-refractivity contribution in [3.63, 3.8) is 0 Å². The van der Waals surface area contributed by atoms with Gasteiger partial charge in [0, 0.05) is 18.4 Å². The van der Waals surface area contributed by atoms with Crippen LogP contribution in [0.3, 0.4) is 0 Å². The monoisotopic (exact) mass is 553 g/mol. The molecule has 1 saturated heterocycles. The summed E-state index contributed by atoms with van der Waals surface area (Å²) >= 11 is 0. The van der Waals surface area contributed by atoms with Gasteiger partial charge in [-0.05, 0) is 80.6 Å². The number of nitrogens with one attached hydrogen (secondary N) is 1. The molecule has 6 atom stereocenters. The molecule has 1 N–H and O–H groups in total. The molecule has 0 aromatic carbocycles. The van der Waals surface area contributed by atoms with Crippen molar-refractivity contribution in [2.75, 3.05) is 6.54 Å². The summed E-state index contributed by atoms with van der Waals surface area (Å²) in [5.74, 6) is -0.497. The van der Waals surface area contributed by atoms with Crippen LogP contribution in [0.1, 0.15) is 104 Å². The Bertz CT molecular complexity index is 1060. The first kappa shape index (κ1) is 29.0. The number of carbonyl (C=O) groups excluding carboxylic acids is 3. The van der Waals surface area contributed by atoms with Crippen LogP contribution in [-0.4, -0.2) is 53.5 Å². The summed E-state index contributed by atoms with van der Waals surface area (Å²) < 4.78 is 6.21. The number of hydrogen-bond donors (Lipinski definition) is 1. The number of rotatable bonds is 9. The average molecular weight is 554 g/mol. The molecule has 6 unspecified atom stereocenters. The van der Waals surface area contributed by atoms with Gasteiger partial charge in [-0.1, -0.05) is 63.4 Å². The van der Waals surface area contributed by atoms with Crippen molar-refractivity contribution in [1.82, 2.24) is 10.2 Å². The maximum absolute atomic E-state index is 14.1. The minimum atomic E-state index is -1.09. The Morgan fingerprint density at radius 2 is 1.85 bits per heavy atom. The third kappa shape index (κ3) is 5.39. The van der Waals surface area contributed by atoms with Crippen LogP contribution in [0, 0.1) is 27.6 Å². The van der Waals surface area contributed by atoms with E-state index >= 15 is 0 Å². The smallest absolute Gasteiger partial charge is 0.329 e. The molecule has 5 aliphatic rings. The lowest BCUT2D eigenvalue weighted by molar-refractivity contribution is -0.165. The van der Waals surface area contributed by atoms with E-state index in [2.05, 4.69) is 31.3 Å². The van der Waals surface area contributed by atoms with Crippen molar-refractivity contribution in [3.05, 3.63) is 28.7 Å². The summed E-state index contributed by atoms with van der Waals surface area (Å²) in [6, 6.07) is -2.48. The number of ether oxygens (including phenoxy) is 1. The molecule has 4 aliphatic carbocycles. The van der Waals surface area contributed by atoms with Crippen LogP contribution < -0.4 is 5.32 Å². The third-order valence-corrected chi connectivity index (χ3v) is 11.4. The van der Waals surface area contributed by atoms with Crippen LogP contribution in [0.15, 0.2) is 29.0 Å². The number of amides is 2. The number of esters is 1. The molecule has 0 aromatic rings. The lowest BCUT2D eigenvalue weighted by atomic mass is 9.70. The standard InChI is InChI=1S/C32H47N3O5/c1-31(2)23-16-17-32(31,3)26(20-23)40-30(38)25-15-10-18-35(25)29(37)27(22-13-8-5-9-14-22)33-28(36)24(34-39)19-21-11-6-4-7-12-21/h6,11-12,22-27H,4-5,7-10,13-20H2,1-3H3,(H,33,36).